The summed E-state index contributed by atoms with van der Waals surface area (Å²) in [6.45, 7) is 5.60. The van der Waals surface area contributed by atoms with Gasteiger partial charge in [0.25, 0.3) is 5.91 Å². The highest BCUT2D eigenvalue weighted by atomic mass is 19.4. The van der Waals surface area contributed by atoms with E-state index in [-0.39, 0.29) is 11.4 Å². The van der Waals surface area contributed by atoms with Crippen LogP contribution < -0.4 is 10.2 Å². The second kappa shape index (κ2) is 7.33. The number of benzene rings is 1. The Bertz CT molecular complexity index is 695. The second-order valence-electron chi connectivity index (χ2n) is 5.10. The zero-order chi connectivity index (χ0) is 17.7. The van der Waals surface area contributed by atoms with Gasteiger partial charge in [0, 0.05) is 30.7 Å². The van der Waals surface area contributed by atoms with Crippen molar-refractivity contribution in [2.45, 2.75) is 20.0 Å². The Morgan fingerprint density at radius 3 is 2.29 bits per heavy atom. The number of carbonyl (C=O) groups excluding carboxylic acids is 1. The number of pyridine rings is 1. The van der Waals surface area contributed by atoms with Crippen LogP contribution in [0.1, 0.15) is 29.9 Å². The van der Waals surface area contributed by atoms with Gasteiger partial charge in [-0.3, -0.25) is 9.78 Å². The van der Waals surface area contributed by atoms with Crippen molar-refractivity contribution in [2.75, 3.05) is 23.3 Å². The molecule has 0 fully saturated rings. The van der Waals surface area contributed by atoms with Gasteiger partial charge in [-0.1, -0.05) is 0 Å². The molecule has 1 N–H and O–H groups in total. The van der Waals surface area contributed by atoms with Gasteiger partial charge in [0.1, 0.15) is 5.69 Å². The molecule has 1 amide bonds. The molecular formula is C17H18F3N3O. The Balaban J connectivity index is 2.14. The first-order chi connectivity index (χ1) is 11.3. The molecule has 1 heterocycles. The largest absolute Gasteiger partial charge is 0.416 e. The second-order valence-corrected chi connectivity index (χ2v) is 5.10. The number of carbonyl (C=O) groups is 1. The Morgan fingerprint density at radius 2 is 1.75 bits per heavy atom. The van der Waals surface area contributed by atoms with Crippen molar-refractivity contribution in [2.24, 2.45) is 0 Å². The number of nitrogens with one attached hydrogen (secondary N) is 1. The third-order valence-corrected chi connectivity index (χ3v) is 3.57. The summed E-state index contributed by atoms with van der Waals surface area (Å²) in [6, 6.07) is 7.75. The topological polar surface area (TPSA) is 45.2 Å². The highest BCUT2D eigenvalue weighted by molar-refractivity contribution is 6.03. The van der Waals surface area contributed by atoms with Gasteiger partial charge in [-0.2, -0.15) is 13.2 Å². The fraction of sp³-hybridized carbons (Fsp3) is 0.294. The zero-order valence-electron chi connectivity index (χ0n) is 13.4. The van der Waals surface area contributed by atoms with Crippen molar-refractivity contribution in [3.8, 4) is 0 Å². The summed E-state index contributed by atoms with van der Waals surface area (Å²) in [5, 5.41) is 2.55. The minimum atomic E-state index is -4.40. The molecule has 0 aliphatic carbocycles. The van der Waals surface area contributed by atoms with Crippen molar-refractivity contribution in [1.82, 2.24) is 4.98 Å². The summed E-state index contributed by atoms with van der Waals surface area (Å²) < 4.78 is 37.6. The molecule has 0 bridgehead atoms. The summed E-state index contributed by atoms with van der Waals surface area (Å²) in [4.78, 5) is 18.3. The minimum absolute atomic E-state index is 0.208. The molecule has 2 rings (SSSR count). The summed E-state index contributed by atoms with van der Waals surface area (Å²) >= 11 is 0. The van der Waals surface area contributed by atoms with Gasteiger partial charge in [0.05, 0.1) is 5.56 Å². The minimum Gasteiger partial charge on any atom is -0.372 e. The number of alkyl halides is 3. The van der Waals surface area contributed by atoms with E-state index >= 15 is 0 Å². The monoisotopic (exact) mass is 337 g/mol. The molecule has 0 aliphatic heterocycles. The number of hydrogen-bond donors (Lipinski definition) is 1. The van der Waals surface area contributed by atoms with Crippen LogP contribution in [0.5, 0.6) is 0 Å². The lowest BCUT2D eigenvalue weighted by atomic mass is 10.2. The summed E-state index contributed by atoms with van der Waals surface area (Å²) in [7, 11) is 0. The van der Waals surface area contributed by atoms with Gasteiger partial charge in [-0.15, -0.1) is 0 Å². The molecule has 1 aromatic heterocycles. The fourth-order valence-corrected chi connectivity index (χ4v) is 2.27. The predicted octanol–water partition coefficient (Wildman–Crippen LogP) is 4.20. The number of aromatic nitrogens is 1. The normalized spacial score (nSPS) is 11.2. The Labute approximate surface area is 138 Å². The molecule has 2 aromatic rings. The van der Waals surface area contributed by atoms with Gasteiger partial charge < -0.3 is 10.2 Å². The lowest BCUT2D eigenvalue weighted by Gasteiger charge is -2.21. The Morgan fingerprint density at radius 1 is 1.12 bits per heavy atom. The van der Waals surface area contributed by atoms with Crippen LogP contribution >= 0.6 is 0 Å². The molecule has 128 valence electrons. The van der Waals surface area contributed by atoms with Gasteiger partial charge in [-0.25, -0.2) is 0 Å². The summed E-state index contributed by atoms with van der Waals surface area (Å²) in [5.41, 5.74) is 0.595. The Kier molecular flexibility index (Phi) is 5.43. The molecule has 0 unspecified atom stereocenters. The van der Waals surface area contributed by atoms with Crippen molar-refractivity contribution in [3.63, 3.8) is 0 Å². The van der Waals surface area contributed by atoms with Crippen LogP contribution in [0.3, 0.4) is 0 Å². The van der Waals surface area contributed by atoms with Crippen LogP contribution in [-0.4, -0.2) is 24.0 Å². The number of nitrogens with zero attached hydrogens (tertiary/aromatic N) is 2. The van der Waals surface area contributed by atoms with E-state index in [9.17, 15) is 18.0 Å². The molecule has 0 saturated heterocycles. The highest BCUT2D eigenvalue weighted by Gasteiger charge is 2.30. The molecule has 0 atom stereocenters. The molecule has 0 radical (unpaired) electrons. The maximum atomic E-state index is 12.5. The molecule has 4 nitrogen and oxygen atoms in total. The van der Waals surface area contributed by atoms with Gasteiger partial charge in [0.15, 0.2) is 0 Å². The van der Waals surface area contributed by atoms with Crippen LogP contribution in [0.15, 0.2) is 42.6 Å². The van der Waals surface area contributed by atoms with E-state index < -0.39 is 17.6 Å². The number of anilines is 2. The average Bonchev–Trinajstić information content (AvgIpc) is 2.56. The Hall–Kier alpha value is -2.57. The molecular weight excluding hydrogens is 319 g/mol. The quantitative estimate of drug-likeness (QED) is 0.889. The van der Waals surface area contributed by atoms with Crippen LogP contribution in [0.2, 0.25) is 0 Å². The van der Waals surface area contributed by atoms with Crippen LogP contribution in [0.25, 0.3) is 0 Å². The highest BCUT2D eigenvalue weighted by Crippen LogP contribution is 2.29. The van der Waals surface area contributed by atoms with Crippen molar-refractivity contribution in [3.05, 3.63) is 53.9 Å². The average molecular weight is 337 g/mol. The number of halogens is 3. The van der Waals surface area contributed by atoms with Crippen molar-refractivity contribution >= 4 is 17.3 Å². The van der Waals surface area contributed by atoms with E-state index in [2.05, 4.69) is 15.2 Å². The molecule has 1 aromatic carbocycles. The maximum absolute atomic E-state index is 12.5. The molecule has 7 heteroatoms. The van der Waals surface area contributed by atoms with E-state index in [1.54, 1.807) is 6.07 Å². The SMILES string of the molecule is CCN(CC)c1ccnc(C(=O)Nc2ccc(C(F)(F)F)cc2)c1. The van der Waals surface area contributed by atoms with Gasteiger partial charge >= 0.3 is 6.18 Å². The van der Waals surface area contributed by atoms with Crippen molar-refractivity contribution < 1.29 is 18.0 Å². The third-order valence-electron chi connectivity index (χ3n) is 3.57. The maximum Gasteiger partial charge on any atom is 0.416 e. The third kappa shape index (κ3) is 4.24. The number of amides is 1. The van der Waals surface area contributed by atoms with Crippen LogP contribution in [-0.2, 0) is 6.18 Å². The standard InChI is InChI=1S/C17H18F3N3O/c1-3-23(4-2)14-9-10-21-15(11-14)16(24)22-13-7-5-12(6-8-13)17(18,19)20/h5-11H,3-4H2,1-2H3,(H,22,24). The van der Waals surface area contributed by atoms with Crippen LogP contribution in [0.4, 0.5) is 24.5 Å². The molecule has 24 heavy (non-hydrogen) atoms. The van der Waals surface area contributed by atoms with Gasteiger partial charge in [0.2, 0.25) is 0 Å². The van der Waals surface area contributed by atoms with Gasteiger partial charge in [-0.05, 0) is 50.2 Å². The van der Waals surface area contributed by atoms with E-state index in [0.717, 1.165) is 30.9 Å². The smallest absolute Gasteiger partial charge is 0.372 e. The zero-order valence-corrected chi connectivity index (χ0v) is 13.4. The fourth-order valence-electron chi connectivity index (χ4n) is 2.27. The van der Waals surface area contributed by atoms with E-state index in [4.69, 9.17) is 0 Å². The number of rotatable bonds is 5. The first-order valence-electron chi connectivity index (χ1n) is 7.54. The lowest BCUT2D eigenvalue weighted by molar-refractivity contribution is -0.137. The van der Waals surface area contributed by atoms with E-state index in [0.29, 0.717) is 0 Å². The predicted molar refractivity (Wildman–Crippen MR) is 87.2 cm³/mol. The number of hydrogen-bond acceptors (Lipinski definition) is 3. The summed E-state index contributed by atoms with van der Waals surface area (Å²) in [6.07, 6.45) is -2.86. The first kappa shape index (κ1) is 17.8. The lowest BCUT2D eigenvalue weighted by Crippen LogP contribution is -2.23. The van der Waals surface area contributed by atoms with E-state index in [1.165, 1.54) is 18.3 Å². The molecule has 0 spiro atoms. The molecule has 0 aliphatic rings. The van der Waals surface area contributed by atoms with Crippen LogP contribution in [0, 0.1) is 0 Å². The van der Waals surface area contributed by atoms with E-state index in [1.807, 2.05) is 19.9 Å². The summed E-state index contributed by atoms with van der Waals surface area (Å²) in [5.74, 6) is -0.469. The molecule has 0 saturated carbocycles. The first-order valence-corrected chi connectivity index (χ1v) is 7.54. The van der Waals surface area contributed by atoms with Crippen molar-refractivity contribution in [1.29, 1.82) is 0 Å².